The summed E-state index contributed by atoms with van der Waals surface area (Å²) in [5, 5.41) is 0. The van der Waals surface area contributed by atoms with Gasteiger partial charge in [-0.05, 0) is 64.5 Å². The molecule has 0 aromatic carbocycles. The van der Waals surface area contributed by atoms with Crippen LogP contribution in [-0.4, -0.2) is 34.1 Å². The number of hydrogen-bond donors (Lipinski definition) is 0. The quantitative estimate of drug-likeness (QED) is 0.856. The van der Waals surface area contributed by atoms with E-state index in [1.807, 2.05) is 18.4 Å². The fraction of sp³-hybridized carbons (Fsp3) is 0.789. The summed E-state index contributed by atoms with van der Waals surface area (Å²) in [5.74, 6) is 1.56. The molecule has 1 aliphatic carbocycles. The van der Waals surface area contributed by atoms with Crippen molar-refractivity contribution in [2.45, 2.75) is 65.3 Å². The lowest BCUT2D eigenvalue weighted by molar-refractivity contribution is 0.138. The minimum absolute atomic E-state index is 0.141. The smallest absolute Gasteiger partial charge is 0.256 e. The van der Waals surface area contributed by atoms with E-state index in [9.17, 15) is 4.79 Å². The predicted molar refractivity (Wildman–Crippen MR) is 93.7 cm³/mol. The van der Waals surface area contributed by atoms with Gasteiger partial charge in [0.1, 0.15) is 0 Å². The van der Waals surface area contributed by atoms with E-state index < -0.39 is 0 Å². The average molecular weight is 317 g/mol. The normalized spacial score (nSPS) is 21.7. The van der Waals surface area contributed by atoms with Gasteiger partial charge in [-0.2, -0.15) is 0 Å². The topological polar surface area (TPSA) is 38.1 Å². The van der Waals surface area contributed by atoms with Crippen molar-refractivity contribution in [2.24, 2.45) is 11.8 Å². The molecule has 0 radical (unpaired) electrons. The van der Waals surface area contributed by atoms with Gasteiger partial charge in [0, 0.05) is 24.3 Å². The Kier molecular flexibility index (Phi) is 5.52. The van der Waals surface area contributed by atoms with Gasteiger partial charge in [0.15, 0.2) is 0 Å². The Hall–Kier alpha value is -1.16. The number of aromatic nitrogens is 2. The lowest BCUT2D eigenvalue weighted by atomic mass is 9.88. The number of nitrogens with zero attached hydrogens (tertiary/aromatic N) is 3. The van der Waals surface area contributed by atoms with Crippen LogP contribution in [-0.2, 0) is 6.54 Å². The molecular formula is C19H31N3O. The molecule has 23 heavy (non-hydrogen) atoms. The molecule has 4 heteroatoms. The molecule has 1 saturated carbocycles. The molecule has 2 heterocycles. The summed E-state index contributed by atoms with van der Waals surface area (Å²) in [5.41, 5.74) is 1.79. The third-order valence-electron chi connectivity index (χ3n) is 5.92. The van der Waals surface area contributed by atoms with Gasteiger partial charge in [0.25, 0.3) is 5.56 Å². The van der Waals surface area contributed by atoms with E-state index in [1.165, 1.54) is 64.6 Å². The van der Waals surface area contributed by atoms with Crippen molar-refractivity contribution in [3.8, 4) is 0 Å². The van der Waals surface area contributed by atoms with E-state index >= 15 is 0 Å². The molecule has 2 fully saturated rings. The SMILES string of the molecule is Cc1ncn(CC2CCN(CC3CCCCC3)CC2)c(=O)c1C. The first-order valence-electron chi connectivity index (χ1n) is 9.38. The average Bonchev–Trinajstić information content (AvgIpc) is 2.58. The molecule has 128 valence electrons. The summed E-state index contributed by atoms with van der Waals surface area (Å²) in [4.78, 5) is 19.3. The van der Waals surface area contributed by atoms with Crippen LogP contribution in [0.2, 0.25) is 0 Å². The first-order valence-corrected chi connectivity index (χ1v) is 9.38. The first-order chi connectivity index (χ1) is 11.1. The number of aryl methyl sites for hydroxylation is 1. The van der Waals surface area contributed by atoms with Crippen molar-refractivity contribution in [3.05, 3.63) is 27.9 Å². The Morgan fingerprint density at radius 3 is 2.35 bits per heavy atom. The summed E-state index contributed by atoms with van der Waals surface area (Å²) < 4.78 is 1.82. The largest absolute Gasteiger partial charge is 0.303 e. The lowest BCUT2D eigenvalue weighted by Crippen LogP contribution is -2.39. The third kappa shape index (κ3) is 4.23. The molecule has 1 aromatic rings. The van der Waals surface area contributed by atoms with E-state index in [4.69, 9.17) is 0 Å². The monoisotopic (exact) mass is 317 g/mol. The van der Waals surface area contributed by atoms with Crippen molar-refractivity contribution >= 4 is 0 Å². The maximum Gasteiger partial charge on any atom is 0.256 e. The molecular weight excluding hydrogens is 286 g/mol. The van der Waals surface area contributed by atoms with Gasteiger partial charge in [0.2, 0.25) is 0 Å². The minimum Gasteiger partial charge on any atom is -0.303 e. The van der Waals surface area contributed by atoms with Gasteiger partial charge < -0.3 is 4.90 Å². The Balaban J connectivity index is 1.49. The molecule has 0 amide bonds. The number of hydrogen-bond acceptors (Lipinski definition) is 3. The van der Waals surface area contributed by atoms with E-state index in [1.54, 1.807) is 6.33 Å². The van der Waals surface area contributed by atoms with Crippen LogP contribution in [0.25, 0.3) is 0 Å². The van der Waals surface area contributed by atoms with Crippen molar-refractivity contribution in [2.75, 3.05) is 19.6 Å². The molecule has 3 rings (SSSR count). The molecule has 1 aliphatic heterocycles. The molecule has 0 N–H and O–H groups in total. The summed E-state index contributed by atoms with van der Waals surface area (Å²) >= 11 is 0. The van der Waals surface area contributed by atoms with E-state index in [2.05, 4.69) is 9.88 Å². The fourth-order valence-corrected chi connectivity index (χ4v) is 4.17. The highest BCUT2D eigenvalue weighted by atomic mass is 16.1. The van der Waals surface area contributed by atoms with Gasteiger partial charge in [-0.3, -0.25) is 9.36 Å². The van der Waals surface area contributed by atoms with Crippen LogP contribution >= 0.6 is 0 Å². The summed E-state index contributed by atoms with van der Waals surface area (Å²) in [6.07, 6.45) is 11.3. The van der Waals surface area contributed by atoms with Crippen LogP contribution in [0.1, 0.15) is 56.2 Å². The first kappa shape index (κ1) is 16.7. The van der Waals surface area contributed by atoms with Crippen LogP contribution in [0.3, 0.4) is 0 Å². The van der Waals surface area contributed by atoms with Gasteiger partial charge in [0.05, 0.1) is 6.33 Å². The number of likely N-dealkylation sites (tertiary alicyclic amines) is 1. The Bertz CT molecular complexity index is 566. The van der Waals surface area contributed by atoms with Crippen LogP contribution in [0.5, 0.6) is 0 Å². The maximum absolute atomic E-state index is 12.3. The predicted octanol–water partition coefficient (Wildman–Crippen LogP) is 3.15. The van der Waals surface area contributed by atoms with Crippen LogP contribution in [0.4, 0.5) is 0 Å². The zero-order valence-electron chi connectivity index (χ0n) is 14.8. The van der Waals surface area contributed by atoms with E-state index in [0.29, 0.717) is 5.92 Å². The number of piperidine rings is 1. The van der Waals surface area contributed by atoms with Gasteiger partial charge in [-0.25, -0.2) is 4.98 Å². The van der Waals surface area contributed by atoms with Gasteiger partial charge >= 0.3 is 0 Å². The fourth-order valence-electron chi connectivity index (χ4n) is 4.17. The summed E-state index contributed by atoms with van der Waals surface area (Å²) in [6.45, 7) is 8.34. The molecule has 0 bridgehead atoms. The Labute approximate surface area is 139 Å². The van der Waals surface area contributed by atoms with Gasteiger partial charge in [-0.1, -0.05) is 19.3 Å². The second-order valence-corrected chi connectivity index (χ2v) is 7.66. The number of rotatable bonds is 4. The van der Waals surface area contributed by atoms with Crippen molar-refractivity contribution < 1.29 is 0 Å². The molecule has 1 saturated heterocycles. The lowest BCUT2D eigenvalue weighted by Gasteiger charge is -2.35. The van der Waals surface area contributed by atoms with Crippen LogP contribution in [0, 0.1) is 25.7 Å². The minimum atomic E-state index is 0.141. The highest BCUT2D eigenvalue weighted by Gasteiger charge is 2.23. The Morgan fingerprint density at radius 1 is 1.00 bits per heavy atom. The second-order valence-electron chi connectivity index (χ2n) is 7.66. The standard InChI is InChI=1S/C19H31N3O/c1-15-16(2)20-14-22(19(15)23)13-18-8-10-21(11-9-18)12-17-6-4-3-5-7-17/h14,17-18H,3-13H2,1-2H3. The highest BCUT2D eigenvalue weighted by molar-refractivity contribution is 5.12. The van der Waals surface area contributed by atoms with Crippen molar-refractivity contribution in [1.82, 2.24) is 14.5 Å². The molecule has 0 atom stereocenters. The third-order valence-corrected chi connectivity index (χ3v) is 5.92. The zero-order chi connectivity index (χ0) is 16.2. The summed E-state index contributed by atoms with van der Waals surface area (Å²) in [7, 11) is 0. The zero-order valence-corrected chi connectivity index (χ0v) is 14.8. The van der Waals surface area contributed by atoms with Crippen molar-refractivity contribution in [1.29, 1.82) is 0 Å². The second kappa shape index (κ2) is 7.61. The molecule has 2 aliphatic rings. The van der Waals surface area contributed by atoms with Crippen LogP contribution in [0.15, 0.2) is 11.1 Å². The van der Waals surface area contributed by atoms with Crippen LogP contribution < -0.4 is 5.56 Å². The van der Waals surface area contributed by atoms with E-state index in [-0.39, 0.29) is 5.56 Å². The molecule has 4 nitrogen and oxygen atoms in total. The molecule has 1 aromatic heterocycles. The van der Waals surface area contributed by atoms with Crippen molar-refractivity contribution in [3.63, 3.8) is 0 Å². The van der Waals surface area contributed by atoms with E-state index in [0.717, 1.165) is 23.7 Å². The Morgan fingerprint density at radius 2 is 1.65 bits per heavy atom. The highest BCUT2D eigenvalue weighted by Crippen LogP contribution is 2.26. The molecule has 0 spiro atoms. The maximum atomic E-state index is 12.3. The molecule has 0 unspecified atom stereocenters. The summed E-state index contributed by atoms with van der Waals surface area (Å²) in [6, 6.07) is 0. The van der Waals surface area contributed by atoms with Gasteiger partial charge in [-0.15, -0.1) is 0 Å².